The standard InChI is InChI=1S/C32H43N3O3/c1-6-7-18-34(23-29-12-9-19-33(29)22-27-11-8-10-26(4)21-27)31(36)24-35(20-17-25(2)3)32(37)28-13-15-30(38-5)16-14-28/h8-16,19,21,25H,6-7,17-18,20,22-24H2,1-5H3. The summed E-state index contributed by atoms with van der Waals surface area (Å²) in [7, 11) is 1.60. The quantitative estimate of drug-likeness (QED) is 0.257. The molecular weight excluding hydrogens is 474 g/mol. The van der Waals surface area contributed by atoms with Crippen LogP contribution in [0.1, 0.15) is 67.2 Å². The van der Waals surface area contributed by atoms with Crippen LogP contribution in [0.3, 0.4) is 0 Å². The Kier molecular flexibility index (Phi) is 11.0. The predicted molar refractivity (Wildman–Crippen MR) is 153 cm³/mol. The van der Waals surface area contributed by atoms with E-state index in [9.17, 15) is 9.59 Å². The average Bonchev–Trinajstić information content (AvgIpc) is 3.34. The van der Waals surface area contributed by atoms with Crippen LogP contribution >= 0.6 is 0 Å². The van der Waals surface area contributed by atoms with Gasteiger partial charge < -0.3 is 19.1 Å². The first-order valence-electron chi connectivity index (χ1n) is 13.7. The van der Waals surface area contributed by atoms with Crippen molar-refractivity contribution in [2.45, 2.75) is 60.0 Å². The van der Waals surface area contributed by atoms with Crippen LogP contribution in [0.25, 0.3) is 0 Å². The summed E-state index contributed by atoms with van der Waals surface area (Å²) in [6.07, 6.45) is 4.82. The molecule has 6 heteroatoms. The third-order valence-corrected chi connectivity index (χ3v) is 6.77. The van der Waals surface area contributed by atoms with Crippen LogP contribution in [0, 0.1) is 12.8 Å². The zero-order valence-corrected chi connectivity index (χ0v) is 23.7. The minimum atomic E-state index is -0.125. The highest BCUT2D eigenvalue weighted by atomic mass is 16.5. The van der Waals surface area contributed by atoms with Gasteiger partial charge in [0.25, 0.3) is 5.91 Å². The van der Waals surface area contributed by atoms with Crippen LogP contribution in [0.2, 0.25) is 0 Å². The molecule has 0 fully saturated rings. The number of hydrogen-bond donors (Lipinski definition) is 0. The van der Waals surface area contributed by atoms with Crippen LogP contribution in [-0.2, 0) is 17.9 Å². The minimum Gasteiger partial charge on any atom is -0.497 e. The Balaban J connectivity index is 1.77. The van der Waals surface area contributed by atoms with Gasteiger partial charge in [0.15, 0.2) is 0 Å². The van der Waals surface area contributed by atoms with Gasteiger partial charge in [0.1, 0.15) is 12.3 Å². The molecule has 3 aromatic rings. The Morgan fingerprint density at radius 2 is 1.74 bits per heavy atom. The monoisotopic (exact) mass is 517 g/mol. The maximum absolute atomic E-state index is 13.7. The van der Waals surface area contributed by atoms with Crippen molar-refractivity contribution in [1.29, 1.82) is 0 Å². The van der Waals surface area contributed by atoms with E-state index in [2.05, 4.69) is 68.8 Å². The van der Waals surface area contributed by atoms with Crippen molar-refractivity contribution in [2.75, 3.05) is 26.7 Å². The third-order valence-electron chi connectivity index (χ3n) is 6.77. The van der Waals surface area contributed by atoms with Gasteiger partial charge in [-0.05, 0) is 67.6 Å². The fourth-order valence-electron chi connectivity index (χ4n) is 4.44. The van der Waals surface area contributed by atoms with Crippen molar-refractivity contribution in [2.24, 2.45) is 5.92 Å². The molecule has 0 atom stereocenters. The fraction of sp³-hybridized carbons (Fsp3) is 0.438. The van der Waals surface area contributed by atoms with Crippen molar-refractivity contribution in [3.63, 3.8) is 0 Å². The molecule has 0 saturated carbocycles. The number of hydrogen-bond acceptors (Lipinski definition) is 3. The van der Waals surface area contributed by atoms with Gasteiger partial charge in [0, 0.05) is 37.1 Å². The molecule has 1 heterocycles. The SMILES string of the molecule is CCCCN(Cc1cccn1Cc1cccc(C)c1)C(=O)CN(CCC(C)C)C(=O)c1ccc(OC)cc1. The van der Waals surface area contributed by atoms with E-state index in [-0.39, 0.29) is 18.4 Å². The molecular formula is C32H43N3O3. The second-order valence-electron chi connectivity index (χ2n) is 10.4. The molecule has 2 aromatic carbocycles. The normalized spacial score (nSPS) is 11.0. The van der Waals surface area contributed by atoms with Crippen molar-refractivity contribution in [1.82, 2.24) is 14.4 Å². The zero-order valence-electron chi connectivity index (χ0n) is 23.7. The lowest BCUT2D eigenvalue weighted by molar-refractivity contribution is -0.132. The maximum Gasteiger partial charge on any atom is 0.254 e. The zero-order chi connectivity index (χ0) is 27.5. The van der Waals surface area contributed by atoms with Crippen LogP contribution in [-0.4, -0.2) is 52.9 Å². The molecule has 6 nitrogen and oxygen atoms in total. The van der Waals surface area contributed by atoms with Crippen molar-refractivity contribution < 1.29 is 14.3 Å². The lowest BCUT2D eigenvalue weighted by Crippen LogP contribution is -2.44. The minimum absolute atomic E-state index is 0.0210. The summed E-state index contributed by atoms with van der Waals surface area (Å²) in [5, 5.41) is 0. The number of carbonyl (C=O) groups excluding carboxylic acids is 2. The molecule has 1 aromatic heterocycles. The number of aromatic nitrogens is 1. The fourth-order valence-corrected chi connectivity index (χ4v) is 4.44. The Labute approximate surface area is 228 Å². The molecule has 38 heavy (non-hydrogen) atoms. The van der Waals surface area contributed by atoms with Gasteiger partial charge in [-0.25, -0.2) is 0 Å². The first-order valence-corrected chi connectivity index (χ1v) is 13.7. The van der Waals surface area contributed by atoms with Gasteiger partial charge in [-0.15, -0.1) is 0 Å². The number of amides is 2. The summed E-state index contributed by atoms with van der Waals surface area (Å²) >= 11 is 0. The molecule has 0 aliphatic heterocycles. The van der Waals surface area contributed by atoms with E-state index in [0.717, 1.165) is 31.5 Å². The molecule has 0 saturated heterocycles. The summed E-state index contributed by atoms with van der Waals surface area (Å²) in [6, 6.07) is 19.7. The van der Waals surface area contributed by atoms with E-state index in [4.69, 9.17) is 4.74 Å². The Morgan fingerprint density at radius 3 is 2.39 bits per heavy atom. The number of ether oxygens (including phenoxy) is 1. The van der Waals surface area contributed by atoms with Gasteiger partial charge in [-0.1, -0.05) is 57.0 Å². The number of unbranched alkanes of at least 4 members (excludes halogenated alkanes) is 1. The highest BCUT2D eigenvalue weighted by molar-refractivity contribution is 5.96. The molecule has 0 spiro atoms. The smallest absolute Gasteiger partial charge is 0.254 e. The largest absolute Gasteiger partial charge is 0.497 e. The van der Waals surface area contributed by atoms with E-state index in [1.54, 1.807) is 36.3 Å². The van der Waals surface area contributed by atoms with Gasteiger partial charge >= 0.3 is 0 Å². The van der Waals surface area contributed by atoms with Gasteiger partial charge in [0.2, 0.25) is 5.91 Å². The molecule has 204 valence electrons. The highest BCUT2D eigenvalue weighted by Crippen LogP contribution is 2.16. The van der Waals surface area contributed by atoms with Gasteiger partial charge in [-0.2, -0.15) is 0 Å². The molecule has 0 unspecified atom stereocenters. The highest BCUT2D eigenvalue weighted by Gasteiger charge is 2.23. The van der Waals surface area contributed by atoms with Crippen molar-refractivity contribution in [3.05, 3.63) is 89.2 Å². The van der Waals surface area contributed by atoms with Crippen LogP contribution in [0.5, 0.6) is 5.75 Å². The van der Waals surface area contributed by atoms with E-state index >= 15 is 0 Å². The number of carbonyl (C=O) groups is 2. The second-order valence-corrected chi connectivity index (χ2v) is 10.4. The number of nitrogens with zero attached hydrogens (tertiary/aromatic N) is 3. The lowest BCUT2D eigenvalue weighted by Gasteiger charge is -2.29. The Morgan fingerprint density at radius 1 is 0.974 bits per heavy atom. The van der Waals surface area contributed by atoms with E-state index < -0.39 is 0 Å². The first kappa shape index (κ1) is 29.0. The molecule has 0 radical (unpaired) electrons. The van der Waals surface area contributed by atoms with Crippen LogP contribution < -0.4 is 4.74 Å². The number of rotatable bonds is 14. The van der Waals surface area contributed by atoms with E-state index in [1.165, 1.54) is 11.1 Å². The first-order chi connectivity index (χ1) is 18.3. The molecule has 0 aliphatic rings. The number of aryl methyl sites for hydroxylation is 1. The number of benzene rings is 2. The molecule has 2 amide bonds. The lowest BCUT2D eigenvalue weighted by atomic mass is 10.1. The average molecular weight is 518 g/mol. The van der Waals surface area contributed by atoms with Crippen molar-refractivity contribution in [3.8, 4) is 5.75 Å². The van der Waals surface area contributed by atoms with Crippen LogP contribution in [0.4, 0.5) is 0 Å². The maximum atomic E-state index is 13.7. The molecule has 3 rings (SSSR count). The number of methoxy groups -OCH3 is 1. The van der Waals surface area contributed by atoms with Gasteiger partial charge in [-0.3, -0.25) is 9.59 Å². The summed E-state index contributed by atoms with van der Waals surface area (Å²) in [4.78, 5) is 30.7. The van der Waals surface area contributed by atoms with Crippen LogP contribution in [0.15, 0.2) is 66.9 Å². The molecule has 0 bridgehead atoms. The van der Waals surface area contributed by atoms with Gasteiger partial charge in [0.05, 0.1) is 13.7 Å². The van der Waals surface area contributed by atoms with Crippen molar-refractivity contribution >= 4 is 11.8 Å². The molecule has 0 N–H and O–H groups in total. The third kappa shape index (κ3) is 8.51. The second kappa shape index (κ2) is 14.4. The topological polar surface area (TPSA) is 54.8 Å². The van der Waals surface area contributed by atoms with E-state index in [1.807, 2.05) is 11.0 Å². The summed E-state index contributed by atoms with van der Waals surface area (Å²) in [5.41, 5.74) is 4.12. The Hall–Kier alpha value is -3.54. The summed E-state index contributed by atoms with van der Waals surface area (Å²) in [5.74, 6) is 0.982. The Bertz CT molecular complexity index is 1170. The summed E-state index contributed by atoms with van der Waals surface area (Å²) < 4.78 is 7.45. The summed E-state index contributed by atoms with van der Waals surface area (Å²) in [6.45, 7) is 11.1. The predicted octanol–water partition coefficient (Wildman–Crippen LogP) is 6.17. The molecule has 0 aliphatic carbocycles. The van der Waals surface area contributed by atoms with E-state index in [0.29, 0.717) is 36.9 Å².